The zero-order valence-corrected chi connectivity index (χ0v) is 11.4. The fourth-order valence-electron chi connectivity index (χ4n) is 2.05. The van der Waals surface area contributed by atoms with Crippen LogP contribution < -0.4 is 5.32 Å². The van der Waals surface area contributed by atoms with Crippen molar-refractivity contribution in [2.24, 2.45) is 0 Å². The molecule has 1 unspecified atom stereocenters. The largest absolute Gasteiger partial charge is 0.455 e. The molecule has 0 aliphatic carbocycles. The van der Waals surface area contributed by atoms with E-state index in [-0.39, 0.29) is 5.58 Å². The van der Waals surface area contributed by atoms with Crippen LogP contribution in [0.15, 0.2) is 28.7 Å². The van der Waals surface area contributed by atoms with Crippen molar-refractivity contribution in [2.45, 2.75) is 32.3 Å². The zero-order valence-electron chi connectivity index (χ0n) is 11.4. The molecule has 0 saturated carbocycles. The van der Waals surface area contributed by atoms with E-state index < -0.39 is 11.4 Å². The SMILES string of the molecule is CCCNCCC(C)(O)c1cc2cccc(F)c2o1. The first kappa shape index (κ1) is 14.0. The second-order valence-corrected chi connectivity index (χ2v) is 5.04. The molecule has 4 heteroatoms. The highest BCUT2D eigenvalue weighted by Crippen LogP contribution is 2.31. The van der Waals surface area contributed by atoms with Gasteiger partial charge in [-0.05, 0) is 45.0 Å². The summed E-state index contributed by atoms with van der Waals surface area (Å²) >= 11 is 0. The maximum Gasteiger partial charge on any atom is 0.170 e. The first-order valence-corrected chi connectivity index (χ1v) is 6.66. The Morgan fingerprint density at radius 1 is 1.37 bits per heavy atom. The number of furan rings is 1. The summed E-state index contributed by atoms with van der Waals surface area (Å²) in [7, 11) is 0. The van der Waals surface area contributed by atoms with Gasteiger partial charge in [-0.3, -0.25) is 0 Å². The molecule has 0 saturated heterocycles. The summed E-state index contributed by atoms with van der Waals surface area (Å²) in [4.78, 5) is 0. The second-order valence-electron chi connectivity index (χ2n) is 5.04. The monoisotopic (exact) mass is 265 g/mol. The highest BCUT2D eigenvalue weighted by Gasteiger charge is 2.27. The molecule has 1 heterocycles. The van der Waals surface area contributed by atoms with Crippen LogP contribution in [0.2, 0.25) is 0 Å². The van der Waals surface area contributed by atoms with E-state index in [2.05, 4.69) is 12.2 Å². The van der Waals surface area contributed by atoms with E-state index in [4.69, 9.17) is 4.42 Å². The van der Waals surface area contributed by atoms with Crippen molar-refractivity contribution in [1.82, 2.24) is 5.32 Å². The Morgan fingerprint density at radius 3 is 2.84 bits per heavy atom. The quantitative estimate of drug-likeness (QED) is 0.789. The van der Waals surface area contributed by atoms with Crippen LogP contribution in [0.1, 0.15) is 32.4 Å². The van der Waals surface area contributed by atoms with Gasteiger partial charge in [-0.15, -0.1) is 0 Å². The molecule has 0 bridgehead atoms. The third-order valence-corrected chi connectivity index (χ3v) is 3.24. The summed E-state index contributed by atoms with van der Waals surface area (Å²) in [6.45, 7) is 5.40. The number of halogens is 1. The van der Waals surface area contributed by atoms with Gasteiger partial charge in [0.15, 0.2) is 11.4 Å². The van der Waals surface area contributed by atoms with Gasteiger partial charge in [0.25, 0.3) is 0 Å². The Bertz CT molecular complexity index is 548. The minimum atomic E-state index is -1.09. The normalized spacial score (nSPS) is 14.7. The van der Waals surface area contributed by atoms with Crippen molar-refractivity contribution in [3.05, 3.63) is 35.8 Å². The van der Waals surface area contributed by atoms with Crippen LogP contribution in [0.5, 0.6) is 0 Å². The maximum atomic E-state index is 13.6. The molecule has 0 aliphatic heterocycles. The second kappa shape index (κ2) is 5.72. The molecule has 1 atom stereocenters. The molecule has 0 aliphatic rings. The molecule has 0 fully saturated rings. The van der Waals surface area contributed by atoms with Crippen LogP contribution in [-0.4, -0.2) is 18.2 Å². The number of hydrogen-bond acceptors (Lipinski definition) is 3. The molecule has 1 aromatic heterocycles. The number of hydrogen-bond donors (Lipinski definition) is 2. The average Bonchev–Trinajstić information content (AvgIpc) is 2.81. The molecule has 19 heavy (non-hydrogen) atoms. The molecule has 1 aromatic carbocycles. The van der Waals surface area contributed by atoms with E-state index >= 15 is 0 Å². The topological polar surface area (TPSA) is 45.4 Å². The Hall–Kier alpha value is -1.39. The highest BCUT2D eigenvalue weighted by atomic mass is 19.1. The van der Waals surface area contributed by atoms with Gasteiger partial charge in [0.05, 0.1) is 0 Å². The smallest absolute Gasteiger partial charge is 0.170 e. The van der Waals surface area contributed by atoms with Crippen LogP contribution in [0.25, 0.3) is 11.0 Å². The molecule has 2 aromatic rings. The average molecular weight is 265 g/mol. The van der Waals surface area contributed by atoms with Gasteiger partial charge in [0, 0.05) is 5.39 Å². The minimum Gasteiger partial charge on any atom is -0.455 e. The van der Waals surface area contributed by atoms with Crippen LogP contribution in [0.3, 0.4) is 0 Å². The van der Waals surface area contributed by atoms with E-state index in [9.17, 15) is 9.50 Å². The summed E-state index contributed by atoms with van der Waals surface area (Å²) in [5.74, 6) is 0.00885. The van der Waals surface area contributed by atoms with Gasteiger partial charge in [0.1, 0.15) is 11.4 Å². The van der Waals surface area contributed by atoms with Crippen LogP contribution >= 0.6 is 0 Å². The molecule has 0 spiro atoms. The first-order valence-electron chi connectivity index (χ1n) is 6.66. The molecule has 3 nitrogen and oxygen atoms in total. The lowest BCUT2D eigenvalue weighted by molar-refractivity contribution is 0.0271. The predicted octanol–water partition coefficient (Wildman–Crippen LogP) is 3.17. The van der Waals surface area contributed by atoms with E-state index in [0.717, 1.165) is 13.0 Å². The molecule has 2 N–H and O–H groups in total. The van der Waals surface area contributed by atoms with E-state index in [1.807, 2.05) is 0 Å². The van der Waals surface area contributed by atoms with Gasteiger partial charge >= 0.3 is 0 Å². The van der Waals surface area contributed by atoms with E-state index in [0.29, 0.717) is 24.1 Å². The van der Waals surface area contributed by atoms with Crippen molar-refractivity contribution < 1.29 is 13.9 Å². The van der Waals surface area contributed by atoms with Gasteiger partial charge in [-0.1, -0.05) is 19.1 Å². The van der Waals surface area contributed by atoms with E-state index in [1.165, 1.54) is 6.07 Å². The summed E-state index contributed by atoms with van der Waals surface area (Å²) in [5.41, 5.74) is -0.883. The number of aliphatic hydroxyl groups is 1. The summed E-state index contributed by atoms with van der Waals surface area (Å²) in [6.07, 6.45) is 1.58. The maximum absolute atomic E-state index is 13.6. The Kier molecular flexibility index (Phi) is 4.22. The van der Waals surface area contributed by atoms with Crippen molar-refractivity contribution in [2.75, 3.05) is 13.1 Å². The van der Waals surface area contributed by atoms with E-state index in [1.54, 1.807) is 25.1 Å². The number of nitrogens with one attached hydrogen (secondary N) is 1. The lowest BCUT2D eigenvalue weighted by Gasteiger charge is -2.20. The van der Waals surface area contributed by atoms with Crippen LogP contribution in [0.4, 0.5) is 4.39 Å². The van der Waals surface area contributed by atoms with Crippen LogP contribution in [-0.2, 0) is 5.60 Å². The van der Waals surface area contributed by atoms with Gasteiger partial charge in [-0.2, -0.15) is 0 Å². The van der Waals surface area contributed by atoms with Crippen molar-refractivity contribution >= 4 is 11.0 Å². The fraction of sp³-hybridized carbons (Fsp3) is 0.467. The van der Waals surface area contributed by atoms with Gasteiger partial charge in [0.2, 0.25) is 0 Å². The van der Waals surface area contributed by atoms with Crippen molar-refractivity contribution in [3.8, 4) is 0 Å². The van der Waals surface area contributed by atoms with Gasteiger partial charge < -0.3 is 14.8 Å². The molecule has 0 amide bonds. The lowest BCUT2D eigenvalue weighted by atomic mass is 9.99. The highest BCUT2D eigenvalue weighted by molar-refractivity contribution is 5.78. The fourth-order valence-corrected chi connectivity index (χ4v) is 2.05. The predicted molar refractivity (Wildman–Crippen MR) is 73.5 cm³/mol. The van der Waals surface area contributed by atoms with Crippen molar-refractivity contribution in [1.29, 1.82) is 0 Å². The molecular formula is C15H20FNO2. The first-order chi connectivity index (χ1) is 9.04. The van der Waals surface area contributed by atoms with Gasteiger partial charge in [-0.25, -0.2) is 4.39 Å². The Morgan fingerprint density at radius 2 is 2.16 bits per heavy atom. The van der Waals surface area contributed by atoms with Crippen molar-refractivity contribution in [3.63, 3.8) is 0 Å². The molecule has 104 valence electrons. The Balaban J connectivity index is 2.15. The zero-order chi connectivity index (χ0) is 13.9. The summed E-state index contributed by atoms with van der Waals surface area (Å²) < 4.78 is 19.0. The number of benzene rings is 1. The Labute approximate surface area is 112 Å². The number of rotatable bonds is 6. The lowest BCUT2D eigenvalue weighted by Crippen LogP contribution is -2.27. The third-order valence-electron chi connectivity index (χ3n) is 3.24. The molecular weight excluding hydrogens is 245 g/mol. The number of para-hydroxylation sites is 1. The summed E-state index contributed by atoms with van der Waals surface area (Å²) in [6, 6.07) is 6.47. The molecule has 0 radical (unpaired) electrons. The standard InChI is InChI=1S/C15H20FNO2/c1-3-8-17-9-7-15(2,18)13-10-11-5-4-6-12(16)14(11)19-13/h4-6,10,17-18H,3,7-9H2,1-2H3. The summed E-state index contributed by atoms with van der Waals surface area (Å²) in [5, 5.41) is 14.3. The van der Waals surface area contributed by atoms with Crippen LogP contribution in [0, 0.1) is 5.82 Å². The number of fused-ring (bicyclic) bond motifs is 1. The minimum absolute atomic E-state index is 0.208. The molecule has 2 rings (SSSR count). The third kappa shape index (κ3) is 3.14.